The van der Waals surface area contributed by atoms with Crippen LogP contribution in [0.2, 0.25) is 0 Å². The summed E-state index contributed by atoms with van der Waals surface area (Å²) in [5.41, 5.74) is 4.65. The largest absolute Gasteiger partial charge is 0.468 e. The third-order valence-electron chi connectivity index (χ3n) is 3.71. The standard InChI is InChI=1S/C16H21NO3/c1-11-7-14-13(5-4-6-18)9-17(10-16(19)20-3)15(14)8-12(11)2/h7-9,18H,4-6,10H2,1-3H3. The van der Waals surface area contributed by atoms with Crippen LogP contribution in [-0.2, 0) is 22.5 Å². The van der Waals surface area contributed by atoms with Crippen molar-refractivity contribution in [2.45, 2.75) is 33.2 Å². The van der Waals surface area contributed by atoms with Gasteiger partial charge in [-0.3, -0.25) is 4.79 Å². The molecule has 0 aliphatic rings. The van der Waals surface area contributed by atoms with E-state index in [0.29, 0.717) is 0 Å². The van der Waals surface area contributed by atoms with E-state index in [2.05, 4.69) is 26.0 Å². The lowest BCUT2D eigenvalue weighted by Crippen LogP contribution is -2.10. The Balaban J connectivity index is 2.51. The fourth-order valence-electron chi connectivity index (χ4n) is 2.43. The number of ether oxygens (including phenoxy) is 1. The number of aryl methyl sites for hydroxylation is 3. The van der Waals surface area contributed by atoms with E-state index in [4.69, 9.17) is 9.84 Å². The molecule has 108 valence electrons. The summed E-state index contributed by atoms with van der Waals surface area (Å²) in [5.74, 6) is -0.256. The third kappa shape index (κ3) is 2.85. The SMILES string of the molecule is COC(=O)Cn1cc(CCCO)c2cc(C)c(C)cc21. The number of aliphatic hydroxyl groups is 1. The highest BCUT2D eigenvalue weighted by atomic mass is 16.5. The smallest absolute Gasteiger partial charge is 0.325 e. The van der Waals surface area contributed by atoms with Crippen molar-refractivity contribution in [3.05, 3.63) is 35.0 Å². The first-order chi connectivity index (χ1) is 9.56. The molecule has 0 unspecified atom stereocenters. The zero-order valence-corrected chi connectivity index (χ0v) is 12.3. The minimum absolute atomic E-state index is 0.175. The number of methoxy groups -OCH3 is 1. The van der Waals surface area contributed by atoms with Gasteiger partial charge in [-0.2, -0.15) is 0 Å². The fraction of sp³-hybridized carbons (Fsp3) is 0.438. The van der Waals surface area contributed by atoms with Gasteiger partial charge in [-0.15, -0.1) is 0 Å². The van der Waals surface area contributed by atoms with E-state index >= 15 is 0 Å². The van der Waals surface area contributed by atoms with Gasteiger partial charge in [0.1, 0.15) is 6.54 Å². The average Bonchev–Trinajstić information content (AvgIpc) is 2.74. The Hall–Kier alpha value is -1.81. The minimum atomic E-state index is -0.256. The Bertz CT molecular complexity index is 628. The first-order valence-corrected chi connectivity index (χ1v) is 6.83. The van der Waals surface area contributed by atoms with Gasteiger partial charge >= 0.3 is 5.97 Å². The number of hydrogen-bond donors (Lipinski definition) is 1. The number of nitrogens with zero attached hydrogens (tertiary/aromatic N) is 1. The molecule has 1 aromatic carbocycles. The molecule has 0 fully saturated rings. The van der Waals surface area contributed by atoms with Crippen LogP contribution in [0.25, 0.3) is 10.9 Å². The maximum absolute atomic E-state index is 11.5. The number of hydrogen-bond acceptors (Lipinski definition) is 3. The number of esters is 1. The van der Waals surface area contributed by atoms with E-state index in [1.54, 1.807) is 0 Å². The average molecular weight is 275 g/mol. The summed E-state index contributed by atoms with van der Waals surface area (Å²) in [7, 11) is 1.40. The van der Waals surface area contributed by atoms with E-state index in [-0.39, 0.29) is 19.1 Å². The van der Waals surface area contributed by atoms with Crippen LogP contribution in [0.5, 0.6) is 0 Å². The van der Waals surface area contributed by atoms with Gasteiger partial charge in [0.25, 0.3) is 0 Å². The number of fused-ring (bicyclic) bond motifs is 1. The van der Waals surface area contributed by atoms with Crippen LogP contribution in [-0.4, -0.2) is 29.4 Å². The Labute approximate surface area is 119 Å². The van der Waals surface area contributed by atoms with E-state index in [1.807, 2.05) is 10.8 Å². The van der Waals surface area contributed by atoms with Crippen molar-refractivity contribution in [1.29, 1.82) is 0 Å². The summed E-state index contributed by atoms with van der Waals surface area (Å²) in [6, 6.07) is 4.27. The van der Waals surface area contributed by atoms with Crippen molar-refractivity contribution in [2.75, 3.05) is 13.7 Å². The molecule has 0 bridgehead atoms. The topological polar surface area (TPSA) is 51.5 Å². The molecule has 1 heterocycles. The first-order valence-electron chi connectivity index (χ1n) is 6.83. The van der Waals surface area contributed by atoms with Crippen molar-refractivity contribution in [2.24, 2.45) is 0 Å². The quantitative estimate of drug-likeness (QED) is 0.852. The molecule has 0 spiro atoms. The highest BCUT2D eigenvalue weighted by molar-refractivity contribution is 5.86. The molecule has 4 heteroatoms. The molecule has 0 radical (unpaired) electrons. The Morgan fingerprint density at radius 1 is 1.30 bits per heavy atom. The van der Waals surface area contributed by atoms with Crippen LogP contribution in [0.4, 0.5) is 0 Å². The van der Waals surface area contributed by atoms with Crippen molar-refractivity contribution >= 4 is 16.9 Å². The number of carbonyl (C=O) groups excluding carboxylic acids is 1. The summed E-state index contributed by atoms with van der Waals surface area (Å²) in [6.07, 6.45) is 3.53. The van der Waals surface area contributed by atoms with Gasteiger partial charge in [0.15, 0.2) is 0 Å². The molecule has 2 rings (SSSR count). The molecule has 4 nitrogen and oxygen atoms in total. The van der Waals surface area contributed by atoms with Gasteiger partial charge in [-0.25, -0.2) is 0 Å². The third-order valence-corrected chi connectivity index (χ3v) is 3.71. The molecule has 0 atom stereocenters. The monoisotopic (exact) mass is 275 g/mol. The Morgan fingerprint density at radius 2 is 2.00 bits per heavy atom. The summed E-state index contributed by atoms with van der Waals surface area (Å²) in [6.45, 7) is 4.54. The maximum Gasteiger partial charge on any atom is 0.325 e. The van der Waals surface area contributed by atoms with Crippen molar-refractivity contribution in [1.82, 2.24) is 4.57 Å². The number of rotatable bonds is 5. The molecule has 0 amide bonds. The van der Waals surface area contributed by atoms with Crippen molar-refractivity contribution in [3.63, 3.8) is 0 Å². The highest BCUT2D eigenvalue weighted by Gasteiger charge is 2.12. The second-order valence-electron chi connectivity index (χ2n) is 5.14. The van der Waals surface area contributed by atoms with Crippen molar-refractivity contribution < 1.29 is 14.6 Å². The summed E-state index contributed by atoms with van der Waals surface area (Å²) in [4.78, 5) is 11.5. The summed E-state index contributed by atoms with van der Waals surface area (Å²) >= 11 is 0. The zero-order chi connectivity index (χ0) is 14.7. The number of aromatic nitrogens is 1. The Kier molecular flexibility index (Phi) is 4.45. The fourth-order valence-corrected chi connectivity index (χ4v) is 2.43. The van der Waals surface area contributed by atoms with Gasteiger partial charge in [0.2, 0.25) is 0 Å². The molecule has 0 saturated heterocycles. The van der Waals surface area contributed by atoms with Crippen LogP contribution in [0, 0.1) is 13.8 Å². The normalized spacial score (nSPS) is 11.0. The van der Waals surface area contributed by atoms with Gasteiger partial charge in [-0.05, 0) is 55.5 Å². The van der Waals surface area contributed by atoms with Crippen LogP contribution >= 0.6 is 0 Å². The van der Waals surface area contributed by atoms with Crippen LogP contribution in [0.1, 0.15) is 23.1 Å². The maximum atomic E-state index is 11.5. The highest BCUT2D eigenvalue weighted by Crippen LogP contribution is 2.26. The first kappa shape index (κ1) is 14.6. The summed E-state index contributed by atoms with van der Waals surface area (Å²) in [5, 5.41) is 10.2. The van der Waals surface area contributed by atoms with E-state index in [1.165, 1.54) is 23.8 Å². The molecular formula is C16H21NO3. The van der Waals surface area contributed by atoms with Crippen LogP contribution < -0.4 is 0 Å². The van der Waals surface area contributed by atoms with E-state index in [0.717, 1.165) is 23.7 Å². The molecule has 1 N–H and O–H groups in total. The lowest BCUT2D eigenvalue weighted by atomic mass is 10.0. The van der Waals surface area contributed by atoms with E-state index < -0.39 is 0 Å². The number of aliphatic hydroxyl groups excluding tert-OH is 1. The lowest BCUT2D eigenvalue weighted by Gasteiger charge is -2.06. The minimum Gasteiger partial charge on any atom is -0.468 e. The van der Waals surface area contributed by atoms with Gasteiger partial charge in [0.05, 0.1) is 7.11 Å². The molecule has 0 saturated carbocycles. The molecule has 1 aromatic heterocycles. The van der Waals surface area contributed by atoms with Crippen molar-refractivity contribution in [3.8, 4) is 0 Å². The van der Waals surface area contributed by atoms with Gasteiger partial charge in [-0.1, -0.05) is 0 Å². The van der Waals surface area contributed by atoms with Crippen LogP contribution in [0.15, 0.2) is 18.3 Å². The van der Waals surface area contributed by atoms with Gasteiger partial charge in [0, 0.05) is 23.7 Å². The summed E-state index contributed by atoms with van der Waals surface area (Å²) < 4.78 is 6.68. The zero-order valence-electron chi connectivity index (χ0n) is 12.3. The molecule has 0 aliphatic carbocycles. The van der Waals surface area contributed by atoms with E-state index in [9.17, 15) is 4.79 Å². The molecule has 2 aromatic rings. The second-order valence-corrected chi connectivity index (χ2v) is 5.14. The second kappa shape index (κ2) is 6.09. The predicted molar refractivity (Wildman–Crippen MR) is 78.8 cm³/mol. The predicted octanol–water partition coefficient (Wildman–Crippen LogP) is 2.36. The number of carbonyl (C=O) groups is 1. The lowest BCUT2D eigenvalue weighted by molar-refractivity contribution is -0.141. The Morgan fingerprint density at radius 3 is 2.65 bits per heavy atom. The molecule has 0 aliphatic heterocycles. The molecular weight excluding hydrogens is 254 g/mol. The van der Waals surface area contributed by atoms with Crippen LogP contribution in [0.3, 0.4) is 0 Å². The molecule has 20 heavy (non-hydrogen) atoms. The number of benzene rings is 1. The van der Waals surface area contributed by atoms with Gasteiger partial charge < -0.3 is 14.4 Å².